The number of nitrogens with zero attached hydrogens (tertiary/aromatic N) is 2. The Morgan fingerprint density at radius 1 is 1.50 bits per heavy atom. The Morgan fingerprint density at radius 2 is 2.35 bits per heavy atom. The lowest BCUT2D eigenvalue weighted by atomic mass is 10.1. The second-order valence-corrected chi connectivity index (χ2v) is 6.49. The van der Waals surface area contributed by atoms with Crippen molar-refractivity contribution in [1.82, 2.24) is 15.2 Å². The molecule has 4 nitrogen and oxygen atoms in total. The zero-order valence-electron chi connectivity index (χ0n) is 12.5. The molecule has 1 amide bonds. The van der Waals surface area contributed by atoms with Crippen LogP contribution in [0.15, 0.2) is 5.38 Å². The van der Waals surface area contributed by atoms with Gasteiger partial charge >= 0.3 is 0 Å². The number of carbonyl (C=O) groups is 1. The lowest BCUT2D eigenvalue weighted by Crippen LogP contribution is -2.44. The fourth-order valence-corrected chi connectivity index (χ4v) is 3.54. The van der Waals surface area contributed by atoms with Gasteiger partial charge in [-0.2, -0.15) is 0 Å². The molecule has 0 spiro atoms. The van der Waals surface area contributed by atoms with Crippen LogP contribution in [0, 0.1) is 0 Å². The highest BCUT2D eigenvalue weighted by Gasteiger charge is 2.24. The molecule has 2 heterocycles. The van der Waals surface area contributed by atoms with Crippen LogP contribution < -0.4 is 5.32 Å². The average molecular weight is 295 g/mol. The number of aromatic nitrogens is 1. The lowest BCUT2D eigenvalue weighted by molar-refractivity contribution is -0.126. The number of carbonyl (C=O) groups excluding carboxylic acids is 1. The predicted molar refractivity (Wildman–Crippen MR) is 82.8 cm³/mol. The first-order valence-corrected chi connectivity index (χ1v) is 8.50. The zero-order chi connectivity index (χ0) is 14.4. The van der Waals surface area contributed by atoms with E-state index in [-0.39, 0.29) is 11.9 Å². The second-order valence-electron chi connectivity index (χ2n) is 5.55. The largest absolute Gasteiger partial charge is 0.349 e. The van der Waals surface area contributed by atoms with Crippen molar-refractivity contribution in [3.05, 3.63) is 16.1 Å². The molecule has 0 radical (unpaired) electrons. The topological polar surface area (TPSA) is 45.2 Å². The molecule has 1 saturated heterocycles. The summed E-state index contributed by atoms with van der Waals surface area (Å²) in [7, 11) is 2.05. The van der Waals surface area contributed by atoms with Crippen molar-refractivity contribution in [1.29, 1.82) is 0 Å². The van der Waals surface area contributed by atoms with Crippen LogP contribution in [0.5, 0.6) is 0 Å². The van der Waals surface area contributed by atoms with Crippen LogP contribution >= 0.6 is 11.3 Å². The van der Waals surface area contributed by atoms with Gasteiger partial charge in [0.15, 0.2) is 0 Å². The fourth-order valence-electron chi connectivity index (χ4n) is 2.64. The van der Waals surface area contributed by atoms with E-state index in [0.717, 1.165) is 37.9 Å². The van der Waals surface area contributed by atoms with Crippen LogP contribution in [0.3, 0.4) is 0 Å². The maximum absolute atomic E-state index is 12.3. The minimum Gasteiger partial charge on any atom is -0.349 e. The van der Waals surface area contributed by atoms with Crippen LogP contribution in [0.4, 0.5) is 0 Å². The van der Waals surface area contributed by atoms with Gasteiger partial charge in [-0.25, -0.2) is 4.98 Å². The third kappa shape index (κ3) is 4.28. The fraction of sp³-hybridized carbons (Fsp3) is 0.733. The van der Waals surface area contributed by atoms with Gasteiger partial charge in [0.1, 0.15) is 0 Å². The Labute approximate surface area is 125 Å². The first-order valence-electron chi connectivity index (χ1n) is 7.62. The summed E-state index contributed by atoms with van der Waals surface area (Å²) < 4.78 is 0. The van der Waals surface area contributed by atoms with Gasteiger partial charge in [-0.1, -0.05) is 19.8 Å². The van der Waals surface area contributed by atoms with Crippen molar-refractivity contribution in [3.63, 3.8) is 0 Å². The molecule has 1 aromatic heterocycles. The number of likely N-dealkylation sites (N-methyl/N-ethyl adjacent to an activating group) is 1. The third-order valence-electron chi connectivity index (χ3n) is 3.83. The number of hydrogen-bond donors (Lipinski definition) is 1. The van der Waals surface area contributed by atoms with Gasteiger partial charge in [0.2, 0.25) is 5.91 Å². The molecule has 2 rings (SSSR count). The first-order chi connectivity index (χ1) is 9.70. The van der Waals surface area contributed by atoms with Crippen molar-refractivity contribution in [2.24, 2.45) is 0 Å². The number of hydrogen-bond acceptors (Lipinski definition) is 4. The maximum atomic E-state index is 12.3. The Kier molecular flexibility index (Phi) is 5.98. The van der Waals surface area contributed by atoms with Crippen LogP contribution in [0.2, 0.25) is 0 Å². The molecule has 0 aliphatic carbocycles. The summed E-state index contributed by atoms with van der Waals surface area (Å²) >= 11 is 1.69. The summed E-state index contributed by atoms with van der Waals surface area (Å²) in [4.78, 5) is 19.0. The van der Waals surface area contributed by atoms with E-state index in [4.69, 9.17) is 0 Å². The molecule has 1 aliphatic heterocycles. The molecule has 5 heteroatoms. The molecule has 1 aliphatic rings. The van der Waals surface area contributed by atoms with Gasteiger partial charge in [-0.3, -0.25) is 9.69 Å². The van der Waals surface area contributed by atoms with E-state index in [1.165, 1.54) is 17.8 Å². The van der Waals surface area contributed by atoms with Crippen molar-refractivity contribution < 1.29 is 4.79 Å². The van der Waals surface area contributed by atoms with Crippen molar-refractivity contribution in [2.75, 3.05) is 13.6 Å². The molecular formula is C15H25N3OS. The summed E-state index contributed by atoms with van der Waals surface area (Å²) in [5.74, 6) is 0.152. The SMILES string of the molecule is CCCc1nc(CNC(=O)[C@@H]2CCCCCN2C)cs1. The number of aryl methyl sites for hydroxylation is 1. The zero-order valence-corrected chi connectivity index (χ0v) is 13.3. The standard InChI is InChI=1S/C15H25N3OS/c1-3-7-14-17-12(11-20-14)10-16-15(19)13-8-5-4-6-9-18(13)2/h11,13H,3-10H2,1-2H3,(H,16,19)/t13-/m0/s1. The quantitative estimate of drug-likeness (QED) is 0.908. The van der Waals surface area contributed by atoms with Crippen molar-refractivity contribution in [2.45, 2.75) is 58.0 Å². The third-order valence-corrected chi connectivity index (χ3v) is 4.79. The Morgan fingerprint density at radius 3 is 3.15 bits per heavy atom. The summed E-state index contributed by atoms with van der Waals surface area (Å²) in [6.45, 7) is 3.74. The van der Waals surface area contributed by atoms with E-state index < -0.39 is 0 Å². The van der Waals surface area contributed by atoms with Gasteiger partial charge in [0.25, 0.3) is 0 Å². The average Bonchev–Trinajstić information content (AvgIpc) is 2.77. The van der Waals surface area contributed by atoms with E-state index in [9.17, 15) is 4.79 Å². The molecule has 1 N–H and O–H groups in total. The van der Waals surface area contributed by atoms with Gasteiger partial charge in [-0.05, 0) is 39.3 Å². The van der Waals surface area contributed by atoms with Gasteiger partial charge in [0, 0.05) is 5.38 Å². The summed E-state index contributed by atoms with van der Waals surface area (Å²) in [5, 5.41) is 6.27. The number of likely N-dealkylation sites (tertiary alicyclic amines) is 1. The van der Waals surface area contributed by atoms with Gasteiger partial charge < -0.3 is 5.32 Å². The van der Waals surface area contributed by atoms with Gasteiger partial charge in [-0.15, -0.1) is 11.3 Å². The Hall–Kier alpha value is -0.940. The second kappa shape index (κ2) is 7.74. The molecule has 1 aromatic rings. The molecule has 0 unspecified atom stereocenters. The normalized spacial score (nSPS) is 20.6. The van der Waals surface area contributed by atoms with E-state index in [1.54, 1.807) is 11.3 Å². The first kappa shape index (κ1) is 15.4. The summed E-state index contributed by atoms with van der Waals surface area (Å²) in [6.07, 6.45) is 6.71. The van der Waals surface area contributed by atoms with Crippen LogP contribution in [0.1, 0.15) is 49.7 Å². The van der Waals surface area contributed by atoms with Crippen LogP contribution in [0.25, 0.3) is 0 Å². The molecule has 0 bridgehead atoms. The summed E-state index contributed by atoms with van der Waals surface area (Å²) in [5.41, 5.74) is 0.989. The van der Waals surface area contributed by atoms with Gasteiger partial charge in [0.05, 0.1) is 23.3 Å². The molecule has 20 heavy (non-hydrogen) atoms. The number of amides is 1. The Bertz CT molecular complexity index is 433. The molecule has 1 fully saturated rings. The lowest BCUT2D eigenvalue weighted by Gasteiger charge is -2.24. The van der Waals surface area contributed by atoms with E-state index >= 15 is 0 Å². The van der Waals surface area contributed by atoms with Crippen LogP contribution in [-0.4, -0.2) is 35.4 Å². The molecule has 0 aromatic carbocycles. The van der Waals surface area contributed by atoms with Crippen molar-refractivity contribution >= 4 is 17.2 Å². The molecule has 1 atom stereocenters. The van der Waals surface area contributed by atoms with E-state index in [2.05, 4.69) is 34.6 Å². The van der Waals surface area contributed by atoms with Crippen LogP contribution in [-0.2, 0) is 17.8 Å². The highest BCUT2D eigenvalue weighted by Crippen LogP contribution is 2.16. The minimum atomic E-state index is 0.0336. The van der Waals surface area contributed by atoms with Crippen molar-refractivity contribution in [3.8, 4) is 0 Å². The maximum Gasteiger partial charge on any atom is 0.237 e. The highest BCUT2D eigenvalue weighted by atomic mass is 32.1. The minimum absolute atomic E-state index is 0.0336. The molecular weight excluding hydrogens is 270 g/mol. The smallest absolute Gasteiger partial charge is 0.237 e. The predicted octanol–water partition coefficient (Wildman–Crippen LogP) is 2.59. The molecule has 0 saturated carbocycles. The number of thiazole rings is 1. The number of rotatable bonds is 5. The summed E-state index contributed by atoms with van der Waals surface area (Å²) in [6, 6.07) is 0.0336. The number of nitrogens with one attached hydrogen (secondary N) is 1. The van der Waals surface area contributed by atoms with E-state index in [1.807, 2.05) is 0 Å². The Balaban J connectivity index is 1.83. The monoisotopic (exact) mass is 295 g/mol. The molecule has 112 valence electrons. The highest BCUT2D eigenvalue weighted by molar-refractivity contribution is 7.09. The van der Waals surface area contributed by atoms with E-state index in [0.29, 0.717) is 6.54 Å².